The average Bonchev–Trinajstić information content (AvgIpc) is 3.31. The second kappa shape index (κ2) is 11.8. The maximum atomic E-state index is 12.8. The fourth-order valence-corrected chi connectivity index (χ4v) is 3.99. The first-order valence-electron chi connectivity index (χ1n) is 11.1. The van der Waals surface area contributed by atoms with Crippen LogP contribution in [-0.2, 0) is 42.7 Å². The third-order valence-corrected chi connectivity index (χ3v) is 5.42. The molecule has 3 aliphatic rings. The van der Waals surface area contributed by atoms with Gasteiger partial charge in [0.2, 0.25) is 0 Å². The number of halogens is 3. The Morgan fingerprint density at radius 1 is 0.971 bits per heavy atom. The van der Waals surface area contributed by atoms with Crippen molar-refractivity contribution in [1.82, 2.24) is 5.32 Å². The monoisotopic (exact) mass is 502 g/mol. The van der Waals surface area contributed by atoms with Crippen LogP contribution in [0.2, 0.25) is 0 Å². The van der Waals surface area contributed by atoms with Crippen molar-refractivity contribution in [2.75, 3.05) is 66.0 Å². The zero-order chi connectivity index (χ0) is 24.8. The third-order valence-electron chi connectivity index (χ3n) is 5.42. The highest BCUT2D eigenvalue weighted by Crippen LogP contribution is 2.46. The van der Waals surface area contributed by atoms with E-state index < -0.39 is 48.0 Å². The lowest BCUT2D eigenvalue weighted by molar-refractivity contribution is -0.218. The normalized spacial score (nSPS) is 32.1. The van der Waals surface area contributed by atoms with Crippen molar-refractivity contribution in [3.05, 3.63) is 0 Å². The van der Waals surface area contributed by atoms with E-state index in [1.807, 2.05) is 5.32 Å². The van der Waals surface area contributed by atoms with E-state index in [1.165, 1.54) is 0 Å². The van der Waals surface area contributed by atoms with Gasteiger partial charge in [-0.15, -0.1) is 0 Å². The van der Waals surface area contributed by atoms with Crippen LogP contribution in [0.5, 0.6) is 0 Å². The Kier molecular flexibility index (Phi) is 9.50. The van der Waals surface area contributed by atoms with Gasteiger partial charge in [-0.3, -0.25) is 4.79 Å². The Labute approximate surface area is 195 Å². The first kappa shape index (κ1) is 27.5. The second-order valence-electron chi connectivity index (χ2n) is 8.56. The molecule has 14 heteroatoms. The van der Waals surface area contributed by atoms with Crippen molar-refractivity contribution in [3.63, 3.8) is 0 Å². The van der Waals surface area contributed by atoms with Crippen molar-refractivity contribution < 1.29 is 55.9 Å². The van der Waals surface area contributed by atoms with Crippen LogP contribution in [0.4, 0.5) is 13.2 Å². The summed E-state index contributed by atoms with van der Waals surface area (Å²) in [5.41, 5.74) is 4.22. The Balaban J connectivity index is 1.43. The van der Waals surface area contributed by atoms with Gasteiger partial charge in [-0.05, 0) is 13.8 Å². The highest BCUT2D eigenvalue weighted by Gasteiger charge is 2.66. The molecule has 0 unspecified atom stereocenters. The van der Waals surface area contributed by atoms with E-state index in [4.69, 9.17) is 43.6 Å². The molecule has 198 valence electrons. The quantitative estimate of drug-likeness (QED) is 0.306. The second-order valence-corrected chi connectivity index (χ2v) is 8.56. The molecular formula is C20H33F3N2O9. The molecule has 3 fully saturated rings. The number of carbonyl (C=O) groups is 1. The maximum Gasteiger partial charge on any atom is 0.471 e. The number of rotatable bonds is 14. The van der Waals surface area contributed by atoms with Crippen molar-refractivity contribution in [2.45, 2.75) is 56.0 Å². The molecule has 0 aliphatic carbocycles. The summed E-state index contributed by atoms with van der Waals surface area (Å²) in [6, 6.07) is -1.19. The van der Waals surface area contributed by atoms with E-state index in [1.54, 1.807) is 13.8 Å². The lowest BCUT2D eigenvalue weighted by atomic mass is 9.88. The minimum atomic E-state index is -5.05. The lowest BCUT2D eigenvalue weighted by Crippen LogP contribution is -2.66. The van der Waals surface area contributed by atoms with Crippen LogP contribution < -0.4 is 11.1 Å². The molecular weight excluding hydrogens is 469 g/mol. The van der Waals surface area contributed by atoms with Gasteiger partial charge < -0.3 is 48.9 Å². The number of hydrogen-bond donors (Lipinski definition) is 2. The summed E-state index contributed by atoms with van der Waals surface area (Å²) in [5.74, 6) is -3.19. The molecule has 0 spiro atoms. The van der Waals surface area contributed by atoms with Crippen LogP contribution in [0.15, 0.2) is 0 Å². The fourth-order valence-electron chi connectivity index (χ4n) is 3.99. The zero-order valence-electron chi connectivity index (χ0n) is 19.3. The zero-order valence-corrected chi connectivity index (χ0v) is 19.3. The topological polar surface area (TPSA) is 129 Å². The first-order valence-corrected chi connectivity index (χ1v) is 11.1. The van der Waals surface area contributed by atoms with Crippen LogP contribution in [0, 0.1) is 0 Å². The van der Waals surface area contributed by atoms with Gasteiger partial charge in [0.05, 0.1) is 59.5 Å². The largest absolute Gasteiger partial charge is 0.471 e. The summed E-state index contributed by atoms with van der Waals surface area (Å²) < 4.78 is 83.3. The van der Waals surface area contributed by atoms with E-state index in [0.29, 0.717) is 46.2 Å². The minimum absolute atomic E-state index is 0.0115. The molecule has 5 atom stereocenters. The highest BCUT2D eigenvalue weighted by molar-refractivity contribution is 5.82. The summed E-state index contributed by atoms with van der Waals surface area (Å²) in [5, 5.41) is 1.92. The van der Waals surface area contributed by atoms with Crippen molar-refractivity contribution >= 4 is 5.91 Å². The molecule has 2 bridgehead atoms. The van der Waals surface area contributed by atoms with Gasteiger partial charge in [-0.1, -0.05) is 0 Å². The van der Waals surface area contributed by atoms with E-state index >= 15 is 0 Å². The van der Waals surface area contributed by atoms with Crippen molar-refractivity contribution in [1.29, 1.82) is 0 Å². The van der Waals surface area contributed by atoms with Crippen LogP contribution in [-0.4, -0.2) is 114 Å². The minimum Gasteiger partial charge on any atom is -0.378 e. The smallest absolute Gasteiger partial charge is 0.378 e. The van der Waals surface area contributed by atoms with Crippen LogP contribution >= 0.6 is 0 Å². The molecule has 11 nitrogen and oxygen atoms in total. The van der Waals surface area contributed by atoms with E-state index in [9.17, 15) is 18.0 Å². The van der Waals surface area contributed by atoms with Gasteiger partial charge in [0.15, 0.2) is 12.1 Å². The molecule has 0 aromatic heterocycles. The number of alkyl halides is 3. The van der Waals surface area contributed by atoms with Crippen molar-refractivity contribution in [2.24, 2.45) is 5.73 Å². The molecule has 0 radical (unpaired) electrons. The van der Waals surface area contributed by atoms with E-state index in [0.717, 1.165) is 0 Å². The molecule has 3 rings (SSSR count). The number of carbonyl (C=O) groups excluding carboxylic acids is 1. The van der Waals surface area contributed by atoms with Gasteiger partial charge in [-0.2, -0.15) is 13.2 Å². The molecule has 3 saturated heterocycles. The molecule has 0 aromatic rings. The Morgan fingerprint density at radius 3 is 2.15 bits per heavy atom. The molecule has 3 aliphatic heterocycles. The maximum absolute atomic E-state index is 12.8. The highest BCUT2D eigenvalue weighted by atomic mass is 19.4. The van der Waals surface area contributed by atoms with Crippen LogP contribution in [0.1, 0.15) is 13.8 Å². The number of amides is 1. The predicted octanol–water partition coefficient (Wildman–Crippen LogP) is -0.296. The standard InChI is InChI=1S/C20H33F3N2O9/c1-18(2)32-14-13(25-17(26)20(21,22)23)16-31-12-19(34-16,15(14)33-18)11-30-10-9-29-8-7-28-6-5-27-4-3-24/h13-16H,3-12,24H2,1-2H3,(H,25,26)/t13-,14-,15-,16-,19+/m1/s1. The van der Waals surface area contributed by atoms with Gasteiger partial charge >= 0.3 is 12.1 Å². The third kappa shape index (κ3) is 6.98. The van der Waals surface area contributed by atoms with Crippen LogP contribution in [0.25, 0.3) is 0 Å². The van der Waals surface area contributed by atoms with Crippen molar-refractivity contribution in [3.8, 4) is 0 Å². The average molecular weight is 502 g/mol. The molecule has 0 saturated carbocycles. The molecule has 0 aromatic carbocycles. The van der Waals surface area contributed by atoms with Gasteiger partial charge in [-0.25, -0.2) is 0 Å². The Bertz CT molecular complexity index is 670. The summed E-state index contributed by atoms with van der Waals surface area (Å²) >= 11 is 0. The Morgan fingerprint density at radius 2 is 1.56 bits per heavy atom. The number of ether oxygens (including phenoxy) is 8. The summed E-state index contributed by atoms with van der Waals surface area (Å²) in [6.07, 6.45) is -7.90. The number of fused-ring (bicyclic) bond motifs is 4. The first-order chi connectivity index (χ1) is 16.1. The van der Waals surface area contributed by atoms with E-state index in [2.05, 4.69) is 0 Å². The summed E-state index contributed by atoms with van der Waals surface area (Å²) in [4.78, 5) is 11.5. The predicted molar refractivity (Wildman–Crippen MR) is 108 cm³/mol. The lowest BCUT2D eigenvalue weighted by Gasteiger charge is -2.42. The summed E-state index contributed by atoms with van der Waals surface area (Å²) in [7, 11) is 0. The van der Waals surface area contributed by atoms with Crippen LogP contribution in [0.3, 0.4) is 0 Å². The SMILES string of the molecule is CC1(C)O[C@@H]2[C@@H](NC(=O)C(F)(F)F)[C@@H]3OC[C@](COCCOCCOCCOCCN)(O3)[C@@H]2O1. The van der Waals surface area contributed by atoms with Gasteiger partial charge in [0.25, 0.3) is 0 Å². The fraction of sp³-hybridized carbons (Fsp3) is 0.950. The molecule has 3 N–H and O–H groups in total. The number of nitrogens with two attached hydrogens (primary N) is 1. The van der Waals surface area contributed by atoms with Gasteiger partial charge in [0.1, 0.15) is 23.9 Å². The Hall–Kier alpha value is -1.10. The molecule has 3 heterocycles. The molecule has 1 amide bonds. The summed E-state index contributed by atoms with van der Waals surface area (Å²) in [6.45, 7) is 6.54. The number of nitrogens with one attached hydrogen (secondary N) is 1. The number of hydrogen-bond acceptors (Lipinski definition) is 10. The molecule has 34 heavy (non-hydrogen) atoms. The van der Waals surface area contributed by atoms with Gasteiger partial charge in [0, 0.05) is 6.54 Å². The van der Waals surface area contributed by atoms with E-state index in [-0.39, 0.29) is 19.8 Å².